The Balaban J connectivity index is 1.54. The number of nitrogens with zero attached hydrogens (tertiary/aromatic N) is 2. The van der Waals surface area contributed by atoms with Crippen LogP contribution >= 0.6 is 0 Å². The van der Waals surface area contributed by atoms with E-state index >= 15 is 0 Å². The molecule has 214 valence electrons. The van der Waals surface area contributed by atoms with E-state index in [4.69, 9.17) is 5.11 Å². The third kappa shape index (κ3) is 5.36. The van der Waals surface area contributed by atoms with Gasteiger partial charge < -0.3 is 14.9 Å². The van der Waals surface area contributed by atoms with Crippen molar-refractivity contribution in [2.45, 2.75) is 26.4 Å². The van der Waals surface area contributed by atoms with Crippen molar-refractivity contribution in [2.75, 3.05) is 10.3 Å². The standard InChI is InChI=1S/C31H24F3N3O5/c1-3-18-10-12-21(14-17(18)2)37-26-16-20(31(32,33)34)11-13-24(26)27(29(37)39)36-35-25-9-5-8-23(28(25)38)19-6-4-7-22(15-19)42-30(40)41/h4-16,35,38H,3H2,1-2H3,(H,40,41). The van der Waals surface area contributed by atoms with Crippen LogP contribution in [0.25, 0.3) is 11.1 Å². The van der Waals surface area contributed by atoms with E-state index in [1.54, 1.807) is 36.4 Å². The molecule has 1 aliphatic heterocycles. The number of carboxylic acid groups (broad SMARTS) is 1. The lowest BCUT2D eigenvalue weighted by molar-refractivity contribution is -0.137. The molecule has 0 fully saturated rings. The molecule has 11 heteroatoms. The highest BCUT2D eigenvalue weighted by Crippen LogP contribution is 2.41. The molecule has 8 nitrogen and oxygen atoms in total. The minimum Gasteiger partial charge on any atom is -0.505 e. The first-order chi connectivity index (χ1) is 20.0. The summed E-state index contributed by atoms with van der Waals surface area (Å²) in [4.78, 5) is 25.8. The summed E-state index contributed by atoms with van der Waals surface area (Å²) in [5, 5.41) is 24.1. The maximum absolute atomic E-state index is 13.7. The highest BCUT2D eigenvalue weighted by atomic mass is 19.4. The number of nitrogens with one attached hydrogen (secondary N) is 1. The lowest BCUT2D eigenvalue weighted by atomic mass is 10.0. The van der Waals surface area contributed by atoms with Gasteiger partial charge in [0.1, 0.15) is 11.5 Å². The van der Waals surface area contributed by atoms with Crippen molar-refractivity contribution in [1.29, 1.82) is 0 Å². The van der Waals surface area contributed by atoms with Crippen molar-refractivity contribution >= 4 is 34.8 Å². The van der Waals surface area contributed by atoms with Crippen LogP contribution in [0.5, 0.6) is 11.5 Å². The van der Waals surface area contributed by atoms with E-state index in [1.807, 2.05) is 19.9 Å². The number of phenolic OH excluding ortho intramolecular Hbond substituents is 1. The van der Waals surface area contributed by atoms with E-state index in [1.165, 1.54) is 29.2 Å². The number of hydrogen-bond acceptors (Lipinski definition) is 6. The summed E-state index contributed by atoms with van der Waals surface area (Å²) >= 11 is 0. The number of aromatic hydroxyl groups is 1. The van der Waals surface area contributed by atoms with Crippen LogP contribution in [0.1, 0.15) is 29.2 Å². The van der Waals surface area contributed by atoms with E-state index in [0.717, 1.165) is 29.7 Å². The zero-order chi connectivity index (χ0) is 30.2. The molecule has 4 aromatic rings. The number of phenols is 1. The number of carbonyl (C=O) groups excluding carboxylic acids is 1. The molecule has 0 saturated carbocycles. The van der Waals surface area contributed by atoms with Crippen LogP contribution in [-0.2, 0) is 17.4 Å². The van der Waals surface area contributed by atoms with Crippen LogP contribution in [0.3, 0.4) is 0 Å². The van der Waals surface area contributed by atoms with Gasteiger partial charge in [0.05, 0.1) is 16.9 Å². The van der Waals surface area contributed by atoms with Crippen molar-refractivity contribution in [1.82, 2.24) is 0 Å². The number of aryl methyl sites for hydroxylation is 2. The lowest BCUT2D eigenvalue weighted by Crippen LogP contribution is -2.26. The largest absolute Gasteiger partial charge is 0.511 e. The Morgan fingerprint density at radius 2 is 1.76 bits per heavy atom. The molecular weight excluding hydrogens is 551 g/mol. The van der Waals surface area contributed by atoms with Gasteiger partial charge in [-0.1, -0.05) is 37.3 Å². The number of carbonyl (C=O) groups is 2. The summed E-state index contributed by atoms with van der Waals surface area (Å²) in [6.07, 6.45) is -5.36. The van der Waals surface area contributed by atoms with Gasteiger partial charge in [-0.25, -0.2) is 4.79 Å². The fraction of sp³-hybridized carbons (Fsp3) is 0.129. The minimum atomic E-state index is -4.62. The van der Waals surface area contributed by atoms with Gasteiger partial charge in [0.15, 0.2) is 5.71 Å². The Morgan fingerprint density at radius 3 is 2.45 bits per heavy atom. The van der Waals surface area contributed by atoms with Crippen LogP contribution in [0.15, 0.2) is 84.0 Å². The van der Waals surface area contributed by atoms with Crippen LogP contribution in [0, 0.1) is 6.92 Å². The third-order valence-electron chi connectivity index (χ3n) is 6.87. The fourth-order valence-corrected chi connectivity index (χ4v) is 4.81. The molecule has 0 aromatic heterocycles. The minimum absolute atomic E-state index is 0.0345. The zero-order valence-electron chi connectivity index (χ0n) is 22.4. The van der Waals surface area contributed by atoms with E-state index in [9.17, 15) is 27.9 Å². The molecule has 3 N–H and O–H groups in total. The summed E-state index contributed by atoms with van der Waals surface area (Å²) < 4.78 is 45.5. The second-order valence-electron chi connectivity index (χ2n) is 9.50. The first kappa shape index (κ1) is 28.2. The van der Waals surface area contributed by atoms with Crippen LogP contribution < -0.4 is 15.1 Å². The molecular formula is C31H24F3N3O5. The summed E-state index contributed by atoms with van der Waals surface area (Å²) in [7, 11) is 0. The van der Waals surface area contributed by atoms with Crippen molar-refractivity contribution in [2.24, 2.45) is 5.10 Å². The molecule has 1 amide bonds. The molecule has 0 atom stereocenters. The van der Waals surface area contributed by atoms with Crippen molar-refractivity contribution < 1.29 is 37.7 Å². The van der Waals surface area contributed by atoms with E-state index in [-0.39, 0.29) is 34.1 Å². The van der Waals surface area contributed by atoms with Crippen molar-refractivity contribution in [3.8, 4) is 22.6 Å². The number of fused-ring (bicyclic) bond motifs is 1. The maximum atomic E-state index is 13.7. The molecule has 0 spiro atoms. The van der Waals surface area contributed by atoms with Crippen molar-refractivity contribution in [3.05, 3.63) is 101 Å². The highest BCUT2D eigenvalue weighted by Gasteiger charge is 2.39. The van der Waals surface area contributed by atoms with Crippen LogP contribution in [-0.4, -0.2) is 28.0 Å². The molecule has 0 radical (unpaired) electrons. The van der Waals surface area contributed by atoms with Gasteiger partial charge in [-0.15, -0.1) is 0 Å². The summed E-state index contributed by atoms with van der Waals surface area (Å²) in [5.41, 5.74) is 5.04. The Hall–Kier alpha value is -5.32. The van der Waals surface area contributed by atoms with Gasteiger partial charge in [0.25, 0.3) is 5.91 Å². The normalized spacial score (nSPS) is 13.8. The highest BCUT2D eigenvalue weighted by molar-refractivity contribution is 6.55. The first-order valence-electron chi connectivity index (χ1n) is 12.8. The smallest absolute Gasteiger partial charge is 0.505 e. The molecule has 42 heavy (non-hydrogen) atoms. The Kier molecular flexibility index (Phi) is 7.34. The summed E-state index contributed by atoms with van der Waals surface area (Å²) in [5.74, 6) is -0.851. The fourth-order valence-electron chi connectivity index (χ4n) is 4.81. The number of anilines is 3. The number of para-hydroxylation sites is 1. The second kappa shape index (κ2) is 10.9. The van der Waals surface area contributed by atoms with Gasteiger partial charge in [-0.3, -0.25) is 15.1 Å². The lowest BCUT2D eigenvalue weighted by Gasteiger charge is -2.19. The molecule has 4 aromatic carbocycles. The summed E-state index contributed by atoms with van der Waals surface area (Å²) in [6, 6.07) is 19.0. The number of halogens is 3. The third-order valence-corrected chi connectivity index (χ3v) is 6.87. The van der Waals surface area contributed by atoms with E-state index < -0.39 is 23.8 Å². The average Bonchev–Trinajstić information content (AvgIpc) is 3.22. The average molecular weight is 576 g/mol. The molecule has 1 heterocycles. The molecule has 5 rings (SSSR count). The quantitative estimate of drug-likeness (QED) is 0.0950. The van der Waals surface area contributed by atoms with Gasteiger partial charge in [-0.05, 0) is 78.6 Å². The Bertz CT molecular complexity index is 1750. The molecule has 0 saturated heterocycles. The van der Waals surface area contributed by atoms with E-state index in [0.29, 0.717) is 16.8 Å². The molecule has 1 aliphatic rings. The van der Waals surface area contributed by atoms with Crippen LogP contribution in [0.4, 0.5) is 35.0 Å². The molecule has 0 aliphatic carbocycles. The molecule has 0 unspecified atom stereocenters. The summed E-state index contributed by atoms with van der Waals surface area (Å²) in [6.45, 7) is 3.85. The monoisotopic (exact) mass is 575 g/mol. The topological polar surface area (TPSA) is 111 Å². The predicted molar refractivity (Wildman–Crippen MR) is 152 cm³/mol. The van der Waals surface area contributed by atoms with Gasteiger partial charge in [-0.2, -0.15) is 18.3 Å². The van der Waals surface area contributed by atoms with Gasteiger partial charge >= 0.3 is 12.3 Å². The predicted octanol–water partition coefficient (Wildman–Crippen LogP) is 7.50. The zero-order valence-corrected chi connectivity index (χ0v) is 22.4. The number of amides is 1. The SMILES string of the molecule is CCc1ccc(N2C(=O)C(=NNc3cccc(-c4cccc(OC(=O)O)c4)c3O)c3ccc(C(F)(F)F)cc32)cc1C. The number of ether oxygens (including phenoxy) is 1. The number of hydrazone groups is 1. The van der Waals surface area contributed by atoms with Crippen LogP contribution in [0.2, 0.25) is 0 Å². The first-order valence-corrected chi connectivity index (χ1v) is 12.8. The second-order valence-corrected chi connectivity index (χ2v) is 9.50. The van der Waals surface area contributed by atoms with E-state index in [2.05, 4.69) is 15.3 Å². The maximum Gasteiger partial charge on any atom is 0.511 e. The molecule has 0 bridgehead atoms. The number of alkyl halides is 3. The number of hydrogen-bond donors (Lipinski definition) is 3. The number of rotatable bonds is 6. The van der Waals surface area contributed by atoms with Crippen molar-refractivity contribution in [3.63, 3.8) is 0 Å². The van der Waals surface area contributed by atoms with Gasteiger partial charge in [0, 0.05) is 16.8 Å². The Labute approximate surface area is 238 Å². The number of benzene rings is 4. The van der Waals surface area contributed by atoms with Gasteiger partial charge in [0.2, 0.25) is 0 Å². The Morgan fingerprint density at radius 1 is 1.00 bits per heavy atom.